The lowest BCUT2D eigenvalue weighted by Gasteiger charge is -2.00. The Morgan fingerprint density at radius 2 is 1.18 bits per heavy atom. The lowest BCUT2D eigenvalue weighted by Crippen LogP contribution is -2.03. The van der Waals surface area contributed by atoms with Gasteiger partial charge in [0, 0.05) is 13.1 Å². The number of hydrogen-bond donors (Lipinski definition) is 2. The summed E-state index contributed by atoms with van der Waals surface area (Å²) in [5, 5.41) is 12.7. The van der Waals surface area contributed by atoms with Gasteiger partial charge in [0.15, 0.2) is 0 Å². The molecule has 0 aromatic carbocycles. The Bertz CT molecular complexity index is 781. The van der Waals surface area contributed by atoms with E-state index in [1.165, 1.54) is 9.36 Å². The second-order valence-corrected chi connectivity index (χ2v) is 7.03. The van der Waals surface area contributed by atoms with Gasteiger partial charge in [-0.3, -0.25) is 18.5 Å². The van der Waals surface area contributed by atoms with Gasteiger partial charge in [0.2, 0.25) is 10.1 Å². The summed E-state index contributed by atoms with van der Waals surface area (Å²) in [5.74, 6) is 0. The van der Waals surface area contributed by atoms with Crippen LogP contribution in [0.25, 0.3) is 0 Å². The van der Waals surface area contributed by atoms with Gasteiger partial charge >= 0.3 is 20.2 Å². The van der Waals surface area contributed by atoms with Crippen molar-refractivity contribution in [3.05, 3.63) is 12.4 Å². The standard InChI is InChI=1S/C8H12N6O6S2/c15-21(16,17)7-5-13(11-9-7)3-1-2-4-14-6-8(10-12-14)22(18,19)20/h5-6H,1-4H2,(H,15,16,17)(H,18,19,20). The van der Waals surface area contributed by atoms with Gasteiger partial charge in [-0.15, -0.1) is 10.2 Å². The zero-order valence-corrected chi connectivity index (χ0v) is 12.6. The molecule has 22 heavy (non-hydrogen) atoms. The molecule has 0 aliphatic heterocycles. The van der Waals surface area contributed by atoms with Crippen LogP contribution >= 0.6 is 0 Å². The first-order valence-corrected chi connectivity index (χ1v) is 8.79. The Labute approximate surface area is 125 Å². The van der Waals surface area contributed by atoms with Crippen molar-refractivity contribution in [2.45, 2.75) is 36.0 Å². The molecule has 14 heteroatoms. The third-order valence-corrected chi connectivity index (χ3v) is 4.02. The highest BCUT2D eigenvalue weighted by atomic mass is 32.2. The van der Waals surface area contributed by atoms with E-state index in [-0.39, 0.29) is 0 Å². The van der Waals surface area contributed by atoms with Crippen LogP contribution in [0.1, 0.15) is 12.8 Å². The molecule has 2 aromatic rings. The second-order valence-electron chi connectivity index (χ2n) is 4.30. The highest BCUT2D eigenvalue weighted by molar-refractivity contribution is 7.86. The molecule has 0 amide bonds. The van der Waals surface area contributed by atoms with Crippen LogP contribution in [0.4, 0.5) is 0 Å². The van der Waals surface area contributed by atoms with E-state index in [1.807, 2.05) is 0 Å². The number of unbranched alkanes of at least 4 members (excludes halogenated alkanes) is 1. The number of aryl methyl sites for hydroxylation is 2. The molecule has 0 fully saturated rings. The summed E-state index contributed by atoms with van der Waals surface area (Å²) < 4.78 is 63.2. The highest BCUT2D eigenvalue weighted by Gasteiger charge is 2.15. The molecule has 0 bridgehead atoms. The van der Waals surface area contributed by atoms with Crippen molar-refractivity contribution in [3.63, 3.8) is 0 Å². The smallest absolute Gasteiger partial charge is 0.281 e. The molecule has 2 rings (SSSR count). The topological polar surface area (TPSA) is 170 Å². The first-order chi connectivity index (χ1) is 10.2. The number of nitrogens with zero attached hydrogens (tertiary/aromatic N) is 6. The predicted molar refractivity (Wildman–Crippen MR) is 68.9 cm³/mol. The maximum Gasteiger partial charge on any atom is 0.315 e. The van der Waals surface area contributed by atoms with Gasteiger partial charge in [0.05, 0.1) is 12.4 Å². The summed E-state index contributed by atoms with van der Waals surface area (Å²) in [4.78, 5) is 0. The van der Waals surface area contributed by atoms with E-state index in [4.69, 9.17) is 9.11 Å². The van der Waals surface area contributed by atoms with Crippen molar-refractivity contribution in [1.82, 2.24) is 30.0 Å². The lowest BCUT2D eigenvalue weighted by molar-refractivity contribution is 0.477. The third kappa shape index (κ3) is 4.30. The van der Waals surface area contributed by atoms with E-state index in [0.29, 0.717) is 25.9 Å². The van der Waals surface area contributed by atoms with Crippen LogP contribution in [-0.4, -0.2) is 55.9 Å². The van der Waals surface area contributed by atoms with E-state index in [1.54, 1.807) is 0 Å². The molecule has 12 nitrogen and oxygen atoms in total. The Morgan fingerprint density at radius 3 is 1.45 bits per heavy atom. The Balaban J connectivity index is 1.82. The average Bonchev–Trinajstić information content (AvgIpc) is 3.02. The summed E-state index contributed by atoms with van der Waals surface area (Å²) in [6.07, 6.45) is 3.33. The Hall–Kier alpha value is -1.90. The molecule has 0 spiro atoms. The van der Waals surface area contributed by atoms with E-state index in [0.717, 1.165) is 12.4 Å². The summed E-state index contributed by atoms with van der Waals surface area (Å²) in [6.45, 7) is 0.699. The van der Waals surface area contributed by atoms with Crippen molar-refractivity contribution < 1.29 is 25.9 Å². The van der Waals surface area contributed by atoms with Crippen LogP contribution in [0.5, 0.6) is 0 Å². The van der Waals surface area contributed by atoms with Gasteiger partial charge < -0.3 is 0 Å². The molecule has 0 saturated carbocycles. The quantitative estimate of drug-likeness (QED) is 0.457. The van der Waals surface area contributed by atoms with Crippen LogP contribution in [0.2, 0.25) is 0 Å². The minimum atomic E-state index is -4.36. The van der Waals surface area contributed by atoms with Gasteiger partial charge in [0.25, 0.3) is 0 Å². The molecule has 0 atom stereocenters. The lowest BCUT2D eigenvalue weighted by atomic mass is 10.3. The second kappa shape index (κ2) is 6.07. The van der Waals surface area contributed by atoms with Crippen LogP contribution in [0, 0.1) is 0 Å². The normalized spacial score (nSPS) is 12.6. The first-order valence-electron chi connectivity index (χ1n) is 5.91. The summed E-state index contributed by atoms with van der Waals surface area (Å²) in [5.41, 5.74) is 0. The van der Waals surface area contributed by atoms with Crippen LogP contribution in [-0.2, 0) is 33.3 Å². The zero-order chi connectivity index (χ0) is 16.4. The summed E-state index contributed by atoms with van der Waals surface area (Å²) in [7, 11) is -8.73. The van der Waals surface area contributed by atoms with Gasteiger partial charge in [0.1, 0.15) is 0 Å². The zero-order valence-electron chi connectivity index (χ0n) is 11.0. The minimum Gasteiger partial charge on any atom is -0.281 e. The maximum atomic E-state index is 10.8. The highest BCUT2D eigenvalue weighted by Crippen LogP contribution is 2.05. The van der Waals surface area contributed by atoms with Crippen molar-refractivity contribution in [1.29, 1.82) is 0 Å². The van der Waals surface area contributed by atoms with Gasteiger partial charge in [-0.25, -0.2) is 0 Å². The molecule has 0 aliphatic rings. The Morgan fingerprint density at radius 1 is 0.818 bits per heavy atom. The summed E-state index contributed by atoms with van der Waals surface area (Å²) in [6, 6.07) is 0. The van der Waals surface area contributed by atoms with Gasteiger partial charge in [-0.05, 0) is 12.8 Å². The average molecular weight is 352 g/mol. The van der Waals surface area contributed by atoms with Crippen molar-refractivity contribution in [2.24, 2.45) is 0 Å². The fourth-order valence-corrected chi connectivity index (χ4v) is 2.35. The fraction of sp³-hybridized carbons (Fsp3) is 0.500. The molecule has 0 aliphatic carbocycles. The van der Waals surface area contributed by atoms with Gasteiger partial charge in [-0.2, -0.15) is 16.8 Å². The van der Waals surface area contributed by atoms with Crippen LogP contribution < -0.4 is 0 Å². The molecule has 2 N–H and O–H groups in total. The number of rotatable bonds is 7. The molecule has 2 aromatic heterocycles. The summed E-state index contributed by atoms with van der Waals surface area (Å²) >= 11 is 0. The van der Waals surface area contributed by atoms with E-state index < -0.39 is 30.3 Å². The van der Waals surface area contributed by atoms with E-state index >= 15 is 0 Å². The van der Waals surface area contributed by atoms with Crippen molar-refractivity contribution in [3.8, 4) is 0 Å². The minimum absolute atomic E-state index is 0.350. The molecule has 122 valence electrons. The van der Waals surface area contributed by atoms with Crippen molar-refractivity contribution in [2.75, 3.05) is 0 Å². The SMILES string of the molecule is O=S(=O)(O)c1cn(CCCCn2cc(S(=O)(=O)O)nn2)nn1. The number of aromatic nitrogens is 6. The third-order valence-electron chi connectivity index (χ3n) is 2.59. The first kappa shape index (κ1) is 16.5. The van der Waals surface area contributed by atoms with E-state index in [2.05, 4.69) is 20.6 Å². The fourth-order valence-electron chi connectivity index (χ4n) is 1.56. The van der Waals surface area contributed by atoms with Gasteiger partial charge in [-0.1, -0.05) is 10.4 Å². The predicted octanol–water partition coefficient (Wildman–Crippen LogP) is -1.16. The Kier molecular flexibility index (Phi) is 4.55. The van der Waals surface area contributed by atoms with Crippen LogP contribution in [0.3, 0.4) is 0 Å². The maximum absolute atomic E-state index is 10.8. The van der Waals surface area contributed by atoms with E-state index in [9.17, 15) is 16.8 Å². The molecular formula is C8H12N6O6S2. The molecule has 0 radical (unpaired) electrons. The molecule has 0 unspecified atom stereocenters. The van der Waals surface area contributed by atoms with Crippen LogP contribution in [0.15, 0.2) is 22.4 Å². The molecular weight excluding hydrogens is 340 g/mol. The molecule has 2 heterocycles. The molecule has 0 saturated heterocycles. The number of hydrogen-bond acceptors (Lipinski definition) is 8. The monoisotopic (exact) mass is 352 g/mol. The van der Waals surface area contributed by atoms with Crippen molar-refractivity contribution >= 4 is 20.2 Å². The largest absolute Gasteiger partial charge is 0.315 e.